The van der Waals surface area contributed by atoms with E-state index in [2.05, 4.69) is 20.9 Å². The maximum Gasteiger partial charge on any atom is 0.311 e. The largest absolute Gasteiger partial charge is 0.478 e. The molecule has 1 aromatic rings. The molecule has 0 N–H and O–H groups in total. The van der Waals surface area contributed by atoms with Crippen LogP contribution in [0.25, 0.3) is 0 Å². The highest BCUT2D eigenvalue weighted by Crippen LogP contribution is 2.26. The van der Waals surface area contributed by atoms with Crippen LogP contribution >= 0.6 is 15.9 Å². The second kappa shape index (κ2) is 4.95. The Morgan fingerprint density at radius 3 is 2.86 bits per heavy atom. The minimum absolute atomic E-state index is 0.293. The molecule has 5 heteroatoms. The highest BCUT2D eigenvalue weighted by Gasteiger charge is 2.09. The van der Waals surface area contributed by atoms with Gasteiger partial charge < -0.3 is 9.47 Å². The van der Waals surface area contributed by atoms with E-state index in [0.29, 0.717) is 22.7 Å². The van der Waals surface area contributed by atoms with Crippen molar-refractivity contribution < 1.29 is 14.3 Å². The van der Waals surface area contributed by atoms with Gasteiger partial charge in [0.25, 0.3) is 5.88 Å². The molecule has 0 aliphatic heterocycles. The Labute approximate surface area is 90.4 Å². The van der Waals surface area contributed by atoms with Crippen molar-refractivity contribution in [3.05, 3.63) is 16.7 Å². The molecule has 0 aliphatic carbocycles. The summed E-state index contributed by atoms with van der Waals surface area (Å²) in [6, 6.07) is 3.31. The lowest BCUT2D eigenvalue weighted by Crippen LogP contribution is -2.07. The molecule has 0 saturated heterocycles. The normalized spacial score (nSPS) is 9.64. The van der Waals surface area contributed by atoms with Crippen LogP contribution in [0.5, 0.6) is 11.6 Å². The van der Waals surface area contributed by atoms with Crippen LogP contribution in [0.3, 0.4) is 0 Å². The van der Waals surface area contributed by atoms with E-state index >= 15 is 0 Å². The second-order valence-electron chi connectivity index (χ2n) is 2.47. The maximum absolute atomic E-state index is 11.0. The Bertz CT molecular complexity index is 341. The number of methoxy groups -OCH3 is 1. The van der Waals surface area contributed by atoms with Crippen LogP contribution in [-0.4, -0.2) is 18.1 Å². The topological polar surface area (TPSA) is 48.4 Å². The molecule has 0 saturated carbocycles. The van der Waals surface area contributed by atoms with E-state index in [-0.39, 0.29) is 5.97 Å². The Hall–Kier alpha value is -1.10. The van der Waals surface area contributed by atoms with Gasteiger partial charge in [0.05, 0.1) is 7.11 Å². The zero-order valence-electron chi connectivity index (χ0n) is 7.91. The van der Waals surface area contributed by atoms with Crippen molar-refractivity contribution in [1.82, 2.24) is 4.98 Å². The third kappa shape index (κ3) is 2.70. The van der Waals surface area contributed by atoms with Crippen molar-refractivity contribution in [2.24, 2.45) is 0 Å². The standard InChI is InChI=1S/C9H10BrNO3/c1-3-8(12)14-6-4-5-7(10)11-9(6)13-2/h4-5H,3H2,1-2H3. The smallest absolute Gasteiger partial charge is 0.311 e. The third-order valence-corrected chi connectivity index (χ3v) is 1.94. The fourth-order valence-corrected chi connectivity index (χ4v) is 1.12. The lowest BCUT2D eigenvalue weighted by Gasteiger charge is -2.06. The molecule has 0 spiro atoms. The molecule has 0 unspecified atom stereocenters. The van der Waals surface area contributed by atoms with Crippen molar-refractivity contribution in [3.8, 4) is 11.6 Å². The number of hydrogen-bond donors (Lipinski definition) is 0. The van der Waals surface area contributed by atoms with Crippen molar-refractivity contribution in [2.75, 3.05) is 7.11 Å². The maximum atomic E-state index is 11.0. The molecule has 76 valence electrons. The summed E-state index contributed by atoms with van der Waals surface area (Å²) >= 11 is 3.19. The first-order chi connectivity index (χ1) is 6.67. The number of aromatic nitrogens is 1. The second-order valence-corrected chi connectivity index (χ2v) is 3.28. The lowest BCUT2D eigenvalue weighted by molar-refractivity contribution is -0.134. The number of carbonyl (C=O) groups excluding carboxylic acids is 1. The van der Waals surface area contributed by atoms with Crippen molar-refractivity contribution in [1.29, 1.82) is 0 Å². The van der Waals surface area contributed by atoms with Gasteiger partial charge in [0.2, 0.25) is 0 Å². The molecule has 0 radical (unpaired) electrons. The number of esters is 1. The van der Waals surface area contributed by atoms with Crippen LogP contribution in [0.2, 0.25) is 0 Å². The number of ether oxygens (including phenoxy) is 2. The van der Waals surface area contributed by atoms with Crippen molar-refractivity contribution in [2.45, 2.75) is 13.3 Å². The molecule has 0 aliphatic rings. The van der Waals surface area contributed by atoms with E-state index in [1.54, 1.807) is 19.1 Å². The Morgan fingerprint density at radius 1 is 1.57 bits per heavy atom. The van der Waals surface area contributed by atoms with Gasteiger partial charge in [-0.2, -0.15) is 0 Å². The summed E-state index contributed by atoms with van der Waals surface area (Å²) in [4.78, 5) is 15.0. The highest BCUT2D eigenvalue weighted by molar-refractivity contribution is 9.10. The first-order valence-electron chi connectivity index (χ1n) is 4.08. The Balaban J connectivity index is 2.90. The van der Waals surface area contributed by atoms with Crippen LogP contribution in [0.15, 0.2) is 16.7 Å². The minimum atomic E-state index is -0.313. The number of carbonyl (C=O) groups is 1. The molecule has 1 rings (SSSR count). The molecule has 1 aromatic heterocycles. The number of halogens is 1. The van der Waals surface area contributed by atoms with Crippen LogP contribution in [0.4, 0.5) is 0 Å². The van der Waals surface area contributed by atoms with Crippen LogP contribution < -0.4 is 9.47 Å². The summed E-state index contributed by atoms with van der Waals surface area (Å²) in [6.45, 7) is 1.72. The molecule has 1 heterocycles. The molecular formula is C9H10BrNO3. The Morgan fingerprint density at radius 2 is 2.29 bits per heavy atom. The van der Waals surface area contributed by atoms with Crippen molar-refractivity contribution >= 4 is 21.9 Å². The summed E-state index contributed by atoms with van der Waals surface area (Å²) in [5.41, 5.74) is 0. The molecule has 4 nitrogen and oxygen atoms in total. The number of pyridine rings is 1. The molecule has 0 aromatic carbocycles. The molecule has 0 amide bonds. The first-order valence-corrected chi connectivity index (χ1v) is 4.88. The molecule has 0 fully saturated rings. The SMILES string of the molecule is CCC(=O)Oc1ccc(Br)nc1OC. The van der Waals surface area contributed by atoms with Crippen LogP contribution in [0.1, 0.15) is 13.3 Å². The van der Waals surface area contributed by atoms with E-state index in [4.69, 9.17) is 9.47 Å². The number of rotatable bonds is 3. The molecule has 0 bridgehead atoms. The molecular weight excluding hydrogens is 250 g/mol. The minimum Gasteiger partial charge on any atom is -0.478 e. The van der Waals surface area contributed by atoms with Gasteiger partial charge in [0.15, 0.2) is 5.75 Å². The third-order valence-electron chi connectivity index (χ3n) is 1.50. The lowest BCUT2D eigenvalue weighted by atomic mass is 10.4. The van der Waals surface area contributed by atoms with Gasteiger partial charge in [-0.3, -0.25) is 4.79 Å². The van der Waals surface area contributed by atoms with Gasteiger partial charge in [0.1, 0.15) is 4.60 Å². The van der Waals surface area contributed by atoms with Crippen LogP contribution in [0, 0.1) is 0 Å². The summed E-state index contributed by atoms with van der Waals surface area (Å²) in [5, 5.41) is 0. The summed E-state index contributed by atoms with van der Waals surface area (Å²) in [5.74, 6) is 0.316. The zero-order valence-corrected chi connectivity index (χ0v) is 9.50. The van der Waals surface area contributed by atoms with E-state index in [9.17, 15) is 4.79 Å². The molecule has 0 atom stereocenters. The summed E-state index contributed by atoms with van der Waals surface area (Å²) in [7, 11) is 1.47. The summed E-state index contributed by atoms with van der Waals surface area (Å²) < 4.78 is 10.6. The van der Waals surface area contributed by atoms with Gasteiger partial charge >= 0.3 is 5.97 Å². The number of nitrogens with zero attached hydrogens (tertiary/aromatic N) is 1. The van der Waals surface area contributed by atoms with E-state index < -0.39 is 0 Å². The molecule has 14 heavy (non-hydrogen) atoms. The van der Waals surface area contributed by atoms with E-state index in [1.165, 1.54) is 7.11 Å². The quantitative estimate of drug-likeness (QED) is 0.617. The van der Waals surface area contributed by atoms with Crippen LogP contribution in [-0.2, 0) is 4.79 Å². The Kier molecular flexibility index (Phi) is 3.88. The van der Waals surface area contributed by atoms with E-state index in [1.807, 2.05) is 0 Å². The van der Waals surface area contributed by atoms with Gasteiger partial charge in [-0.1, -0.05) is 6.92 Å². The number of hydrogen-bond acceptors (Lipinski definition) is 4. The predicted octanol–water partition coefficient (Wildman–Crippen LogP) is 2.17. The average Bonchev–Trinajstić information content (AvgIpc) is 2.20. The van der Waals surface area contributed by atoms with Gasteiger partial charge in [-0.25, -0.2) is 4.98 Å². The van der Waals surface area contributed by atoms with Gasteiger partial charge in [0, 0.05) is 6.42 Å². The van der Waals surface area contributed by atoms with E-state index in [0.717, 1.165) is 0 Å². The zero-order chi connectivity index (χ0) is 10.6. The first kappa shape index (κ1) is 11.0. The fraction of sp³-hybridized carbons (Fsp3) is 0.333. The highest BCUT2D eigenvalue weighted by atomic mass is 79.9. The van der Waals surface area contributed by atoms with Gasteiger partial charge in [-0.15, -0.1) is 0 Å². The van der Waals surface area contributed by atoms with Crippen molar-refractivity contribution in [3.63, 3.8) is 0 Å². The average molecular weight is 260 g/mol. The fourth-order valence-electron chi connectivity index (χ4n) is 0.824. The monoisotopic (exact) mass is 259 g/mol. The predicted molar refractivity (Wildman–Crippen MR) is 54.4 cm³/mol. The summed E-state index contributed by atoms with van der Waals surface area (Å²) in [6.07, 6.45) is 0.319. The van der Waals surface area contributed by atoms with Gasteiger partial charge in [-0.05, 0) is 28.1 Å².